The van der Waals surface area contributed by atoms with E-state index in [1.807, 2.05) is 53.2 Å². The van der Waals surface area contributed by atoms with Gasteiger partial charge in [0.15, 0.2) is 0 Å². The predicted octanol–water partition coefficient (Wildman–Crippen LogP) is 4.05. The Labute approximate surface area is 286 Å². The molecule has 14 heteroatoms. The minimum Gasteiger partial charge on any atom is -0.491 e. The number of rotatable bonds is 9. The molecule has 0 spiro atoms. The minimum absolute atomic E-state index is 0.307. The molecule has 7 rings (SSSR count). The second-order valence-electron chi connectivity index (χ2n) is 11.9. The zero-order valence-electron chi connectivity index (χ0n) is 26.5. The Morgan fingerprint density at radius 1 is 0.854 bits per heavy atom. The summed E-state index contributed by atoms with van der Waals surface area (Å²) in [6.07, 6.45) is 4.95. The summed E-state index contributed by atoms with van der Waals surface area (Å²) in [7, 11) is 3.15. The van der Waals surface area contributed by atoms with Crippen LogP contribution in [0.15, 0.2) is 95.0 Å². The van der Waals surface area contributed by atoms with Gasteiger partial charge in [-0.15, -0.1) is 0 Å². The minimum atomic E-state index is -1.11. The van der Waals surface area contributed by atoms with Gasteiger partial charge >= 0.3 is 11.4 Å². The van der Waals surface area contributed by atoms with Crippen LogP contribution in [0.25, 0.3) is 5.69 Å². The lowest BCUT2D eigenvalue weighted by Gasteiger charge is -2.37. The molecule has 2 saturated heterocycles. The number of aromatic nitrogens is 5. The normalized spacial score (nSPS) is 19.6. The quantitative estimate of drug-likeness (QED) is 0.228. The second kappa shape index (κ2) is 13.2. The number of hydrogen-bond acceptors (Lipinski definition) is 8. The van der Waals surface area contributed by atoms with Crippen molar-refractivity contribution in [2.45, 2.75) is 18.4 Å². The Kier molecular flexibility index (Phi) is 8.82. The summed E-state index contributed by atoms with van der Waals surface area (Å²) in [4.78, 5) is 33.8. The van der Waals surface area contributed by atoms with Gasteiger partial charge in [-0.1, -0.05) is 29.3 Å². The van der Waals surface area contributed by atoms with Crippen molar-refractivity contribution < 1.29 is 14.2 Å². The summed E-state index contributed by atoms with van der Waals surface area (Å²) in [5, 5.41) is 1.00. The highest BCUT2D eigenvalue weighted by atomic mass is 35.5. The molecule has 0 aliphatic carbocycles. The number of imidazole rings is 1. The summed E-state index contributed by atoms with van der Waals surface area (Å²) in [6.45, 7) is 4.38. The first-order chi connectivity index (χ1) is 23.2. The third-order valence-electron chi connectivity index (χ3n) is 8.93. The molecule has 12 nitrogen and oxygen atoms in total. The van der Waals surface area contributed by atoms with Crippen LogP contribution < -0.4 is 25.9 Å². The van der Waals surface area contributed by atoms with Gasteiger partial charge in [0.1, 0.15) is 18.5 Å². The van der Waals surface area contributed by atoms with Crippen LogP contribution in [0.2, 0.25) is 10.0 Å². The molecule has 0 saturated carbocycles. The first kappa shape index (κ1) is 32.1. The summed E-state index contributed by atoms with van der Waals surface area (Å²) in [5.74, 6) is -0.366. The van der Waals surface area contributed by atoms with Crippen LogP contribution in [0.5, 0.6) is 5.75 Å². The van der Waals surface area contributed by atoms with Crippen LogP contribution >= 0.6 is 23.2 Å². The summed E-state index contributed by atoms with van der Waals surface area (Å²) in [6, 6.07) is 20.9. The van der Waals surface area contributed by atoms with Gasteiger partial charge in [-0.05, 0) is 60.7 Å². The van der Waals surface area contributed by atoms with Crippen LogP contribution in [0.3, 0.4) is 0 Å². The van der Waals surface area contributed by atoms with Gasteiger partial charge in [-0.3, -0.25) is 0 Å². The highest BCUT2D eigenvalue weighted by Gasteiger charge is 2.45. The molecule has 2 unspecified atom stereocenters. The fourth-order valence-electron chi connectivity index (χ4n) is 6.20. The third-order valence-corrected chi connectivity index (χ3v) is 9.48. The van der Waals surface area contributed by atoms with E-state index in [2.05, 4.69) is 26.9 Å². The lowest BCUT2D eigenvalue weighted by atomic mass is 10.1. The lowest BCUT2D eigenvalue weighted by Crippen LogP contribution is -2.46. The Morgan fingerprint density at radius 2 is 1.46 bits per heavy atom. The molecule has 0 N–H and O–H groups in total. The highest BCUT2D eigenvalue weighted by molar-refractivity contribution is 6.35. The number of hydrogen-bond donors (Lipinski definition) is 0. The number of halogens is 2. The molecule has 48 heavy (non-hydrogen) atoms. The zero-order chi connectivity index (χ0) is 33.4. The van der Waals surface area contributed by atoms with Crippen LogP contribution in [0.1, 0.15) is 5.56 Å². The molecule has 2 aliphatic rings. The fraction of sp³-hybridized carbons (Fsp3) is 0.324. The van der Waals surface area contributed by atoms with Gasteiger partial charge in [0.2, 0.25) is 5.79 Å². The fourth-order valence-corrected chi connectivity index (χ4v) is 6.75. The molecule has 3 aromatic carbocycles. The van der Waals surface area contributed by atoms with Gasteiger partial charge in [-0.2, -0.15) is 0 Å². The summed E-state index contributed by atoms with van der Waals surface area (Å²) in [5.41, 5.74) is 2.68. The van der Waals surface area contributed by atoms with E-state index in [9.17, 15) is 9.59 Å². The highest BCUT2D eigenvalue weighted by Crippen LogP contribution is 2.40. The van der Waals surface area contributed by atoms with Crippen molar-refractivity contribution in [3.05, 3.63) is 122 Å². The molecule has 2 atom stereocenters. The van der Waals surface area contributed by atoms with Crippen molar-refractivity contribution >= 4 is 34.6 Å². The average molecular weight is 693 g/mol. The zero-order valence-corrected chi connectivity index (χ0v) is 28.0. The van der Waals surface area contributed by atoms with Gasteiger partial charge < -0.3 is 28.6 Å². The van der Waals surface area contributed by atoms with Gasteiger partial charge in [0, 0.05) is 74.6 Å². The predicted molar refractivity (Wildman–Crippen MR) is 184 cm³/mol. The van der Waals surface area contributed by atoms with Crippen molar-refractivity contribution in [2.24, 2.45) is 14.1 Å². The van der Waals surface area contributed by atoms with Crippen molar-refractivity contribution in [1.82, 2.24) is 23.5 Å². The van der Waals surface area contributed by atoms with Gasteiger partial charge in [0.05, 0.1) is 30.2 Å². The van der Waals surface area contributed by atoms with Crippen molar-refractivity contribution in [1.29, 1.82) is 0 Å². The van der Waals surface area contributed by atoms with Gasteiger partial charge in [-0.25, -0.2) is 28.5 Å². The average Bonchev–Trinajstić information content (AvgIpc) is 3.81. The Morgan fingerprint density at radius 3 is 2.04 bits per heavy atom. The standard InChI is InChI=1S/C34H35Cl2N7O5/c1-38-32(44)43(33(45)39(38)2)27-6-4-25(5-7-27)41-15-17-42(18-16-41)26-8-10-28(11-9-26)46-20-29-21-47-34(48-29,22-40-14-13-37-23-40)30-12-3-24(35)19-31(30)36/h3-14,19,23,29H,15-18,20-22H2,1-2H3. The van der Waals surface area contributed by atoms with Crippen molar-refractivity contribution in [3.63, 3.8) is 0 Å². The largest absolute Gasteiger partial charge is 0.491 e. The Bertz CT molecular complexity index is 1970. The number of piperazine rings is 1. The maximum Gasteiger partial charge on any atom is 0.351 e. The maximum absolute atomic E-state index is 12.5. The van der Waals surface area contributed by atoms with Crippen LogP contribution in [-0.4, -0.2) is 69.0 Å². The van der Waals surface area contributed by atoms with E-state index in [1.54, 1.807) is 38.8 Å². The van der Waals surface area contributed by atoms with E-state index in [0.717, 1.165) is 43.3 Å². The first-order valence-corrected chi connectivity index (χ1v) is 16.4. The third kappa shape index (κ3) is 6.24. The summed E-state index contributed by atoms with van der Waals surface area (Å²) < 4.78 is 24.6. The second-order valence-corrected chi connectivity index (χ2v) is 12.7. The Hall–Kier alpha value is -4.49. The smallest absolute Gasteiger partial charge is 0.351 e. The van der Waals surface area contributed by atoms with Crippen LogP contribution in [0.4, 0.5) is 11.4 Å². The molecule has 250 valence electrons. The SMILES string of the molecule is Cn1c(=O)n(-c2ccc(N3CCN(c4ccc(OCC5COC(Cn6ccnc6)(c6ccc(Cl)cc6Cl)O5)cc4)CC3)cc2)c(=O)n1C. The topological polar surface area (TPSA) is 101 Å². The number of anilines is 2. The van der Waals surface area contributed by atoms with E-state index < -0.39 is 5.79 Å². The summed E-state index contributed by atoms with van der Waals surface area (Å²) >= 11 is 12.8. The molecule has 0 radical (unpaired) electrons. The molecule has 0 amide bonds. The molecule has 5 aromatic rings. The van der Waals surface area contributed by atoms with E-state index in [4.69, 9.17) is 37.4 Å². The van der Waals surface area contributed by atoms with Gasteiger partial charge in [0.25, 0.3) is 0 Å². The number of ether oxygens (including phenoxy) is 3. The number of nitrogens with zero attached hydrogens (tertiary/aromatic N) is 7. The van der Waals surface area contributed by atoms with E-state index >= 15 is 0 Å². The molecule has 2 fully saturated rings. The molecule has 2 aromatic heterocycles. The molecule has 2 aliphatic heterocycles. The molecular weight excluding hydrogens is 657 g/mol. The monoisotopic (exact) mass is 691 g/mol. The Balaban J connectivity index is 0.939. The van der Waals surface area contributed by atoms with Crippen molar-refractivity contribution in [2.75, 3.05) is 49.2 Å². The molecule has 4 heterocycles. The van der Waals surface area contributed by atoms with E-state index in [-0.39, 0.29) is 17.5 Å². The maximum atomic E-state index is 12.5. The lowest BCUT2D eigenvalue weighted by molar-refractivity contribution is -0.189. The van der Waals surface area contributed by atoms with E-state index in [0.29, 0.717) is 41.1 Å². The van der Waals surface area contributed by atoms with Crippen molar-refractivity contribution in [3.8, 4) is 11.4 Å². The number of benzene rings is 3. The van der Waals surface area contributed by atoms with Crippen LogP contribution in [-0.2, 0) is 35.9 Å². The molecule has 0 bridgehead atoms. The van der Waals surface area contributed by atoms with E-state index in [1.165, 1.54) is 13.9 Å². The molecular formula is C34H35Cl2N7O5. The van der Waals surface area contributed by atoms with Crippen LogP contribution in [0, 0.1) is 0 Å². The first-order valence-electron chi connectivity index (χ1n) is 15.6.